The lowest BCUT2D eigenvalue weighted by Gasteiger charge is -2.12. The van der Waals surface area contributed by atoms with Crippen molar-refractivity contribution < 1.29 is 13.3 Å². The highest BCUT2D eigenvalue weighted by molar-refractivity contribution is 7.89. The Hall–Kier alpha value is -1.11. The van der Waals surface area contributed by atoms with Gasteiger partial charge in [0.25, 0.3) is 10.0 Å². The van der Waals surface area contributed by atoms with Gasteiger partial charge in [0.2, 0.25) is 0 Å². The quantitative estimate of drug-likeness (QED) is 0.630. The van der Waals surface area contributed by atoms with E-state index in [1.165, 1.54) is 12.1 Å². The Morgan fingerprint density at radius 2 is 2.00 bits per heavy atom. The van der Waals surface area contributed by atoms with Gasteiger partial charge in [-0.25, -0.2) is 8.42 Å². The van der Waals surface area contributed by atoms with Crippen molar-refractivity contribution in [3.05, 3.63) is 24.3 Å². The maximum atomic E-state index is 11.8. The summed E-state index contributed by atoms with van der Waals surface area (Å²) < 4.78 is 23.7. The van der Waals surface area contributed by atoms with E-state index in [0.29, 0.717) is 5.69 Å². The summed E-state index contributed by atoms with van der Waals surface area (Å²) in [6, 6.07) is 6.12. The van der Waals surface area contributed by atoms with Gasteiger partial charge in [-0.15, -0.1) is 0 Å². The summed E-state index contributed by atoms with van der Waals surface area (Å²) in [6.45, 7) is 0. The van der Waals surface area contributed by atoms with Crippen LogP contribution in [0.2, 0.25) is 0 Å². The molecular formula is C11H16N2O3S. The summed E-state index contributed by atoms with van der Waals surface area (Å²) in [5.74, 6) is 0. The number of benzene rings is 1. The van der Waals surface area contributed by atoms with E-state index in [2.05, 4.69) is 4.89 Å². The van der Waals surface area contributed by atoms with Crippen LogP contribution in [-0.4, -0.2) is 14.5 Å². The van der Waals surface area contributed by atoms with Gasteiger partial charge in [0.1, 0.15) is 0 Å². The number of hydrogen-bond donors (Lipinski definition) is 2. The first-order valence-electron chi connectivity index (χ1n) is 5.61. The van der Waals surface area contributed by atoms with Crippen LogP contribution >= 0.6 is 0 Å². The summed E-state index contributed by atoms with van der Waals surface area (Å²) in [5, 5.41) is 0. The zero-order valence-electron chi connectivity index (χ0n) is 9.43. The smallest absolute Gasteiger partial charge is 0.262 e. The van der Waals surface area contributed by atoms with Crippen molar-refractivity contribution in [2.75, 3.05) is 5.73 Å². The second kappa shape index (κ2) is 5.03. The van der Waals surface area contributed by atoms with Gasteiger partial charge in [0.15, 0.2) is 0 Å². The SMILES string of the molecule is Nc1cccc(S(=O)(=O)NOC2CCCC2)c1. The first-order chi connectivity index (χ1) is 8.08. The van der Waals surface area contributed by atoms with Gasteiger partial charge in [0.05, 0.1) is 11.0 Å². The van der Waals surface area contributed by atoms with Crippen LogP contribution in [-0.2, 0) is 14.9 Å². The number of sulfonamides is 1. The molecule has 0 bridgehead atoms. The maximum absolute atomic E-state index is 11.8. The second-order valence-electron chi connectivity index (χ2n) is 4.18. The van der Waals surface area contributed by atoms with Crippen LogP contribution in [0.15, 0.2) is 29.2 Å². The molecule has 0 aromatic heterocycles. The van der Waals surface area contributed by atoms with Gasteiger partial charge < -0.3 is 5.73 Å². The summed E-state index contributed by atoms with van der Waals surface area (Å²) >= 11 is 0. The Balaban J connectivity index is 2.03. The van der Waals surface area contributed by atoms with E-state index in [1.807, 2.05) is 0 Å². The van der Waals surface area contributed by atoms with Crippen molar-refractivity contribution in [3.8, 4) is 0 Å². The summed E-state index contributed by atoms with van der Waals surface area (Å²) in [6.07, 6.45) is 3.97. The molecule has 0 amide bonds. The number of nitrogen functional groups attached to an aromatic ring is 1. The predicted octanol–water partition coefficient (Wildman–Crippen LogP) is 1.42. The minimum Gasteiger partial charge on any atom is -0.399 e. The molecule has 0 unspecified atom stereocenters. The van der Waals surface area contributed by atoms with E-state index < -0.39 is 10.0 Å². The lowest BCUT2D eigenvalue weighted by molar-refractivity contribution is 0.0223. The average molecular weight is 256 g/mol. The highest BCUT2D eigenvalue weighted by Gasteiger charge is 2.20. The van der Waals surface area contributed by atoms with E-state index in [0.717, 1.165) is 25.7 Å². The van der Waals surface area contributed by atoms with Crippen molar-refractivity contribution >= 4 is 15.7 Å². The van der Waals surface area contributed by atoms with Crippen LogP contribution in [0.5, 0.6) is 0 Å². The van der Waals surface area contributed by atoms with Crippen LogP contribution in [0.4, 0.5) is 5.69 Å². The fourth-order valence-electron chi connectivity index (χ4n) is 1.87. The molecule has 5 nitrogen and oxygen atoms in total. The minimum absolute atomic E-state index is 0.00849. The highest BCUT2D eigenvalue weighted by Crippen LogP contribution is 2.21. The van der Waals surface area contributed by atoms with Crippen molar-refractivity contribution in [1.29, 1.82) is 0 Å². The fourth-order valence-corrected chi connectivity index (χ4v) is 2.78. The van der Waals surface area contributed by atoms with Gasteiger partial charge in [-0.2, -0.15) is 0 Å². The molecule has 94 valence electrons. The van der Waals surface area contributed by atoms with Crippen LogP contribution in [0.1, 0.15) is 25.7 Å². The van der Waals surface area contributed by atoms with Gasteiger partial charge in [-0.3, -0.25) is 4.84 Å². The van der Waals surface area contributed by atoms with Crippen molar-refractivity contribution in [1.82, 2.24) is 4.89 Å². The largest absolute Gasteiger partial charge is 0.399 e. The number of anilines is 1. The molecule has 0 heterocycles. The summed E-state index contributed by atoms with van der Waals surface area (Å²) in [7, 11) is -3.62. The third-order valence-electron chi connectivity index (χ3n) is 2.80. The first-order valence-corrected chi connectivity index (χ1v) is 7.09. The van der Waals surface area contributed by atoms with Crippen LogP contribution in [0.25, 0.3) is 0 Å². The number of nitrogens with two attached hydrogens (primary N) is 1. The molecule has 3 N–H and O–H groups in total. The van der Waals surface area contributed by atoms with Crippen LogP contribution < -0.4 is 10.6 Å². The van der Waals surface area contributed by atoms with E-state index >= 15 is 0 Å². The Morgan fingerprint density at radius 1 is 1.29 bits per heavy atom. The molecule has 0 atom stereocenters. The van der Waals surface area contributed by atoms with Gasteiger partial charge in [0, 0.05) is 5.69 Å². The number of hydrogen-bond acceptors (Lipinski definition) is 4. The predicted molar refractivity (Wildman–Crippen MR) is 64.5 cm³/mol. The topological polar surface area (TPSA) is 81.4 Å². The Bertz CT molecular complexity index is 481. The molecular weight excluding hydrogens is 240 g/mol. The lowest BCUT2D eigenvalue weighted by Crippen LogP contribution is -2.28. The Kier molecular flexibility index (Phi) is 3.66. The molecule has 2 rings (SSSR count). The van der Waals surface area contributed by atoms with Gasteiger partial charge >= 0.3 is 0 Å². The number of nitrogens with one attached hydrogen (secondary N) is 1. The van der Waals surface area contributed by atoms with E-state index in [-0.39, 0.29) is 11.0 Å². The maximum Gasteiger partial charge on any atom is 0.262 e. The monoisotopic (exact) mass is 256 g/mol. The van der Waals surface area contributed by atoms with Gasteiger partial charge in [-0.1, -0.05) is 23.8 Å². The van der Waals surface area contributed by atoms with E-state index in [1.54, 1.807) is 12.1 Å². The molecule has 17 heavy (non-hydrogen) atoms. The average Bonchev–Trinajstić information content (AvgIpc) is 2.79. The third kappa shape index (κ3) is 3.18. The zero-order chi connectivity index (χ0) is 12.3. The molecule has 1 fully saturated rings. The second-order valence-corrected chi connectivity index (χ2v) is 5.83. The standard InChI is InChI=1S/C11H16N2O3S/c12-9-4-3-7-11(8-9)17(14,15)13-16-10-5-1-2-6-10/h3-4,7-8,10,13H,1-2,5-6,12H2. The fraction of sp³-hybridized carbons (Fsp3) is 0.455. The van der Waals surface area contributed by atoms with E-state index in [9.17, 15) is 8.42 Å². The van der Waals surface area contributed by atoms with Gasteiger partial charge in [-0.05, 0) is 31.0 Å². The third-order valence-corrected chi connectivity index (χ3v) is 3.99. The highest BCUT2D eigenvalue weighted by atomic mass is 32.2. The molecule has 0 radical (unpaired) electrons. The lowest BCUT2D eigenvalue weighted by atomic mass is 10.3. The molecule has 1 aromatic carbocycles. The van der Waals surface area contributed by atoms with E-state index in [4.69, 9.17) is 10.6 Å². The minimum atomic E-state index is -3.62. The molecule has 1 aliphatic carbocycles. The Labute approximate surface area is 101 Å². The molecule has 0 spiro atoms. The molecule has 6 heteroatoms. The molecule has 1 saturated carbocycles. The van der Waals surface area contributed by atoms with Crippen molar-refractivity contribution in [2.45, 2.75) is 36.7 Å². The summed E-state index contributed by atoms with van der Waals surface area (Å²) in [5.41, 5.74) is 5.95. The normalized spacial score (nSPS) is 17.4. The Morgan fingerprint density at radius 3 is 2.65 bits per heavy atom. The first kappa shape index (κ1) is 12.3. The van der Waals surface area contributed by atoms with Crippen molar-refractivity contribution in [3.63, 3.8) is 0 Å². The molecule has 1 aromatic rings. The molecule has 1 aliphatic rings. The molecule has 0 aliphatic heterocycles. The van der Waals surface area contributed by atoms with Crippen LogP contribution in [0.3, 0.4) is 0 Å². The number of rotatable bonds is 4. The zero-order valence-corrected chi connectivity index (χ0v) is 10.2. The van der Waals surface area contributed by atoms with Crippen LogP contribution in [0, 0.1) is 0 Å². The molecule has 0 saturated heterocycles. The summed E-state index contributed by atoms with van der Waals surface area (Å²) in [4.78, 5) is 7.47. The van der Waals surface area contributed by atoms with Crippen molar-refractivity contribution in [2.24, 2.45) is 0 Å².